The number of rotatable bonds is 4. The van der Waals surface area contributed by atoms with Crippen LogP contribution in [0.2, 0.25) is 5.15 Å². The average molecular weight is 466 g/mol. The van der Waals surface area contributed by atoms with Crippen LogP contribution < -0.4 is 9.64 Å². The van der Waals surface area contributed by atoms with Gasteiger partial charge in [-0.05, 0) is 45.1 Å². The molecular weight excluding hydrogens is 440 g/mol. The molecule has 7 nitrogen and oxygen atoms in total. The molecule has 4 fully saturated rings. The van der Waals surface area contributed by atoms with E-state index in [2.05, 4.69) is 24.8 Å². The van der Waals surface area contributed by atoms with Crippen LogP contribution in [0.4, 0.5) is 14.6 Å². The van der Waals surface area contributed by atoms with E-state index in [-0.39, 0.29) is 40.9 Å². The van der Waals surface area contributed by atoms with Crippen molar-refractivity contribution in [2.75, 3.05) is 24.6 Å². The number of hydrogen-bond acceptors (Lipinski definition) is 7. The molecule has 0 aromatic carbocycles. The highest BCUT2D eigenvalue weighted by Gasteiger charge is 2.49. The maximum Gasteiger partial charge on any atom is 0.319 e. The Kier molecular flexibility index (Phi) is 4.93. The van der Waals surface area contributed by atoms with Crippen LogP contribution in [0.15, 0.2) is 6.20 Å². The fourth-order valence-corrected chi connectivity index (χ4v) is 6.51. The first-order valence-electron chi connectivity index (χ1n) is 11.5. The summed E-state index contributed by atoms with van der Waals surface area (Å²) in [6.07, 6.45) is 5.86. The molecule has 6 heterocycles. The van der Waals surface area contributed by atoms with Crippen LogP contribution in [-0.2, 0) is 0 Å². The Morgan fingerprint density at radius 2 is 2.09 bits per heavy atom. The molecule has 6 rings (SSSR count). The summed E-state index contributed by atoms with van der Waals surface area (Å²) in [6, 6.07) is 0.195. The summed E-state index contributed by atoms with van der Waals surface area (Å²) < 4.78 is 35.1. The highest BCUT2D eigenvalue weighted by molar-refractivity contribution is 6.30. The van der Waals surface area contributed by atoms with Gasteiger partial charge < -0.3 is 14.7 Å². The fourth-order valence-electron chi connectivity index (χ4n) is 6.37. The number of piperidine rings is 1. The number of pyridine rings is 1. The van der Waals surface area contributed by atoms with Crippen LogP contribution >= 0.6 is 11.6 Å². The zero-order valence-corrected chi connectivity index (χ0v) is 18.4. The van der Waals surface area contributed by atoms with E-state index < -0.39 is 18.1 Å². The van der Waals surface area contributed by atoms with E-state index in [0.717, 1.165) is 45.1 Å². The summed E-state index contributed by atoms with van der Waals surface area (Å²) in [4.78, 5) is 17.2. The molecule has 10 heteroatoms. The van der Waals surface area contributed by atoms with Gasteiger partial charge in [0.1, 0.15) is 24.1 Å². The number of aliphatic hydroxyl groups is 1. The molecule has 32 heavy (non-hydrogen) atoms. The van der Waals surface area contributed by atoms with E-state index in [1.807, 2.05) is 0 Å². The molecule has 5 atom stereocenters. The van der Waals surface area contributed by atoms with Gasteiger partial charge in [-0.2, -0.15) is 9.97 Å². The van der Waals surface area contributed by atoms with Crippen LogP contribution in [0.5, 0.6) is 6.01 Å². The Hall–Kier alpha value is -1.84. The van der Waals surface area contributed by atoms with Crippen LogP contribution in [0.25, 0.3) is 10.9 Å². The lowest BCUT2D eigenvalue weighted by molar-refractivity contribution is 0.107. The third kappa shape index (κ3) is 3.15. The van der Waals surface area contributed by atoms with E-state index >= 15 is 0 Å². The van der Waals surface area contributed by atoms with Crippen molar-refractivity contribution in [3.8, 4) is 6.01 Å². The van der Waals surface area contributed by atoms with Crippen molar-refractivity contribution < 1.29 is 18.6 Å². The lowest BCUT2D eigenvalue weighted by Crippen LogP contribution is -2.48. The molecule has 2 bridgehead atoms. The number of ether oxygens (including phenoxy) is 1. The molecule has 1 unspecified atom stereocenters. The number of fused-ring (bicyclic) bond motifs is 4. The predicted molar refractivity (Wildman–Crippen MR) is 115 cm³/mol. The minimum absolute atomic E-state index is 0.0525. The van der Waals surface area contributed by atoms with E-state index in [0.29, 0.717) is 24.2 Å². The molecule has 0 amide bonds. The first-order valence-corrected chi connectivity index (χ1v) is 11.8. The molecule has 172 valence electrons. The number of nitrogens with zero attached hydrogens (tertiary/aromatic N) is 5. The molecular formula is C22H26ClF2N5O2. The average Bonchev–Trinajstić information content (AvgIpc) is 3.41. The summed E-state index contributed by atoms with van der Waals surface area (Å²) in [7, 11) is 0. The van der Waals surface area contributed by atoms with Crippen LogP contribution in [0.3, 0.4) is 0 Å². The smallest absolute Gasteiger partial charge is 0.319 e. The summed E-state index contributed by atoms with van der Waals surface area (Å²) in [5, 5.41) is 10.8. The molecule has 4 saturated heterocycles. The van der Waals surface area contributed by atoms with Crippen LogP contribution in [0.1, 0.15) is 44.9 Å². The minimum Gasteiger partial charge on any atom is -0.461 e. The number of aliphatic hydroxyl groups excluding tert-OH is 1. The second-order valence-corrected chi connectivity index (χ2v) is 10.0. The van der Waals surface area contributed by atoms with Crippen molar-refractivity contribution in [2.24, 2.45) is 0 Å². The van der Waals surface area contributed by atoms with Crippen molar-refractivity contribution in [3.63, 3.8) is 0 Å². The van der Waals surface area contributed by atoms with Crippen LogP contribution in [-0.4, -0.2) is 74.6 Å². The fraction of sp³-hybridized carbons (Fsp3) is 0.682. The van der Waals surface area contributed by atoms with E-state index in [4.69, 9.17) is 16.3 Å². The molecule has 4 aliphatic heterocycles. The first kappa shape index (κ1) is 20.7. The van der Waals surface area contributed by atoms with Gasteiger partial charge in [-0.15, -0.1) is 0 Å². The summed E-state index contributed by atoms with van der Waals surface area (Å²) >= 11 is 5.95. The Bertz CT molecular complexity index is 1060. The van der Waals surface area contributed by atoms with Crippen molar-refractivity contribution in [2.45, 2.75) is 74.8 Å². The normalized spacial score (nSPS) is 34.4. The first-order chi connectivity index (χ1) is 15.4. The Morgan fingerprint density at radius 1 is 1.25 bits per heavy atom. The second kappa shape index (κ2) is 7.60. The molecule has 1 N–H and O–H groups in total. The zero-order valence-electron chi connectivity index (χ0n) is 17.7. The lowest BCUT2D eigenvalue weighted by atomic mass is 9.95. The van der Waals surface area contributed by atoms with Gasteiger partial charge in [0, 0.05) is 25.2 Å². The standard InChI is InChI=1S/C22H26ClF2N5O2/c23-19-17(25)18-14(9-26-19)20(30-13-2-4-15(30)16(31)5-3-13)28-21(27-18)32-11-22-6-1-7-29(22)10-12(24)8-22/h9,12-13,15-16,31H,1-8,10-11H2/t12-,13-,15+,16?,22+/m1/s1. The third-order valence-corrected chi connectivity index (χ3v) is 8.13. The number of anilines is 1. The van der Waals surface area contributed by atoms with Gasteiger partial charge in [0.15, 0.2) is 11.0 Å². The van der Waals surface area contributed by atoms with Gasteiger partial charge in [-0.3, -0.25) is 4.90 Å². The maximum absolute atomic E-state index is 15.0. The Balaban J connectivity index is 1.39. The lowest BCUT2D eigenvalue weighted by Gasteiger charge is -2.39. The summed E-state index contributed by atoms with van der Waals surface area (Å²) in [5.74, 6) is -0.192. The van der Waals surface area contributed by atoms with Gasteiger partial charge >= 0.3 is 6.01 Å². The van der Waals surface area contributed by atoms with Crippen LogP contribution in [0, 0.1) is 5.82 Å². The van der Waals surface area contributed by atoms with Gasteiger partial charge in [0.2, 0.25) is 0 Å². The van der Waals surface area contributed by atoms with Gasteiger partial charge in [0.25, 0.3) is 0 Å². The molecule has 2 aromatic rings. The Morgan fingerprint density at radius 3 is 2.97 bits per heavy atom. The number of halogens is 3. The quantitative estimate of drug-likeness (QED) is 0.694. The van der Waals surface area contributed by atoms with Gasteiger partial charge in [-0.1, -0.05) is 11.6 Å². The Labute approximate surface area is 189 Å². The van der Waals surface area contributed by atoms with Crippen molar-refractivity contribution in [1.29, 1.82) is 0 Å². The monoisotopic (exact) mass is 465 g/mol. The van der Waals surface area contributed by atoms with E-state index in [1.165, 1.54) is 6.20 Å². The highest BCUT2D eigenvalue weighted by Crippen LogP contribution is 2.43. The highest BCUT2D eigenvalue weighted by atomic mass is 35.5. The van der Waals surface area contributed by atoms with Gasteiger partial charge in [-0.25, -0.2) is 13.8 Å². The molecule has 0 saturated carbocycles. The molecule has 4 aliphatic rings. The number of aromatic nitrogens is 3. The van der Waals surface area contributed by atoms with E-state index in [1.54, 1.807) is 0 Å². The van der Waals surface area contributed by atoms with E-state index in [9.17, 15) is 13.9 Å². The molecule has 0 spiro atoms. The second-order valence-electron chi connectivity index (χ2n) is 9.67. The molecule has 0 aliphatic carbocycles. The summed E-state index contributed by atoms with van der Waals surface area (Å²) in [6.45, 7) is 1.55. The number of alkyl halides is 1. The topological polar surface area (TPSA) is 74.6 Å². The SMILES string of the molecule is OC1CC[C@H]2CC[C@@H]1N2c1nc(OC[C@@]23CCCN2C[C@H](F)C3)nc2c(F)c(Cl)ncc12. The third-order valence-electron chi connectivity index (χ3n) is 7.86. The largest absolute Gasteiger partial charge is 0.461 e. The minimum atomic E-state index is -0.861. The van der Waals surface area contributed by atoms with Crippen molar-refractivity contribution in [1.82, 2.24) is 19.9 Å². The van der Waals surface area contributed by atoms with Gasteiger partial charge in [0.05, 0.1) is 23.1 Å². The maximum atomic E-state index is 15.0. The molecule has 2 aromatic heterocycles. The molecule has 0 radical (unpaired) electrons. The van der Waals surface area contributed by atoms with Crippen molar-refractivity contribution >= 4 is 28.3 Å². The van der Waals surface area contributed by atoms with Crippen molar-refractivity contribution in [3.05, 3.63) is 17.2 Å². The zero-order chi connectivity index (χ0) is 22.0. The number of hydrogen-bond donors (Lipinski definition) is 1. The predicted octanol–water partition coefficient (Wildman–Crippen LogP) is 3.26. The summed E-state index contributed by atoms with van der Waals surface area (Å²) in [5.41, 5.74) is -0.299.